The molecule has 0 fully saturated rings. The molecule has 0 aliphatic carbocycles. The van der Waals surface area contributed by atoms with E-state index in [1.807, 2.05) is 6.92 Å². The molecule has 0 aliphatic heterocycles. The highest BCUT2D eigenvalue weighted by molar-refractivity contribution is 4.76. The molecule has 0 N–H and O–H groups in total. The molecule has 0 saturated carbocycles. The topological polar surface area (TPSA) is 0 Å². The Morgan fingerprint density at radius 3 is 2.07 bits per heavy atom. The van der Waals surface area contributed by atoms with Crippen LogP contribution in [0, 0.1) is 0 Å². The van der Waals surface area contributed by atoms with E-state index in [0.717, 1.165) is 19.3 Å². The maximum absolute atomic E-state index is 11.7. The Hall–Kier alpha value is -0.400. The molecule has 0 aromatic carbocycles. The van der Waals surface area contributed by atoms with Gasteiger partial charge in [0.2, 0.25) is 6.43 Å². The van der Waals surface area contributed by atoms with Gasteiger partial charge in [0.1, 0.15) is 0 Å². The third kappa shape index (κ3) is 11.6. The van der Waals surface area contributed by atoms with E-state index in [2.05, 4.69) is 12.2 Å². The first kappa shape index (κ1) is 13.6. The standard InChI is InChI=1S/C12H22F2/c1-2-3-4-5-6-7-8-9-10-11-12(13)14/h2-3,12H,4-11H2,1H3/b3-2+. The number of hydrogen-bond acceptors (Lipinski definition) is 0. The van der Waals surface area contributed by atoms with E-state index in [9.17, 15) is 8.78 Å². The lowest BCUT2D eigenvalue weighted by atomic mass is 10.1. The Balaban J connectivity index is 2.92. The summed E-state index contributed by atoms with van der Waals surface area (Å²) in [6, 6.07) is 0. The molecule has 0 aromatic heterocycles. The summed E-state index contributed by atoms with van der Waals surface area (Å²) < 4.78 is 23.5. The van der Waals surface area contributed by atoms with E-state index < -0.39 is 6.43 Å². The molecule has 0 aromatic rings. The normalized spacial score (nSPS) is 11.7. The molecule has 0 rings (SSSR count). The van der Waals surface area contributed by atoms with Gasteiger partial charge in [0, 0.05) is 6.42 Å². The lowest BCUT2D eigenvalue weighted by Gasteiger charge is -2.00. The Bertz CT molecular complexity index is 130. The van der Waals surface area contributed by atoms with Gasteiger partial charge >= 0.3 is 0 Å². The number of allylic oxidation sites excluding steroid dienone is 2. The summed E-state index contributed by atoms with van der Waals surface area (Å²) in [6.07, 6.45) is 9.82. The van der Waals surface area contributed by atoms with E-state index in [1.165, 1.54) is 19.3 Å². The SMILES string of the molecule is C/C=C/CCCCCCCCC(F)F. The zero-order valence-corrected chi connectivity index (χ0v) is 9.14. The first-order valence-corrected chi connectivity index (χ1v) is 5.66. The highest BCUT2D eigenvalue weighted by Gasteiger charge is 2.00. The van der Waals surface area contributed by atoms with E-state index in [0.29, 0.717) is 6.42 Å². The minimum Gasteiger partial charge on any atom is -0.211 e. The quantitative estimate of drug-likeness (QED) is 0.368. The molecule has 0 spiro atoms. The Morgan fingerprint density at radius 2 is 1.50 bits per heavy atom. The Labute approximate surface area is 86.4 Å². The van der Waals surface area contributed by atoms with Gasteiger partial charge in [0.15, 0.2) is 0 Å². The molecule has 0 unspecified atom stereocenters. The van der Waals surface area contributed by atoms with Crippen LogP contribution in [0.15, 0.2) is 12.2 Å². The van der Waals surface area contributed by atoms with Crippen molar-refractivity contribution in [3.63, 3.8) is 0 Å². The van der Waals surface area contributed by atoms with Gasteiger partial charge in [-0.25, -0.2) is 8.78 Å². The third-order valence-electron chi connectivity index (χ3n) is 2.28. The molecule has 0 amide bonds. The van der Waals surface area contributed by atoms with Crippen molar-refractivity contribution in [2.75, 3.05) is 0 Å². The maximum Gasteiger partial charge on any atom is 0.238 e. The molecule has 0 heterocycles. The molecular formula is C12H22F2. The minimum absolute atomic E-state index is 0.0819. The smallest absolute Gasteiger partial charge is 0.211 e. The average molecular weight is 204 g/mol. The Kier molecular flexibility index (Phi) is 10.4. The summed E-state index contributed by atoms with van der Waals surface area (Å²) in [7, 11) is 0. The van der Waals surface area contributed by atoms with Crippen LogP contribution >= 0.6 is 0 Å². The molecule has 0 nitrogen and oxygen atoms in total. The van der Waals surface area contributed by atoms with E-state index in [4.69, 9.17) is 0 Å². The summed E-state index contributed by atoms with van der Waals surface area (Å²) in [5.41, 5.74) is 0. The van der Waals surface area contributed by atoms with Gasteiger partial charge in [-0.05, 0) is 26.2 Å². The van der Waals surface area contributed by atoms with Crippen LogP contribution in [0.2, 0.25) is 0 Å². The number of unbranched alkanes of at least 4 members (excludes halogenated alkanes) is 6. The summed E-state index contributed by atoms with van der Waals surface area (Å²) in [5, 5.41) is 0. The van der Waals surface area contributed by atoms with Crippen molar-refractivity contribution >= 4 is 0 Å². The van der Waals surface area contributed by atoms with Crippen molar-refractivity contribution in [2.45, 2.75) is 64.7 Å². The van der Waals surface area contributed by atoms with Crippen molar-refractivity contribution in [3.05, 3.63) is 12.2 Å². The minimum atomic E-state index is -2.11. The van der Waals surface area contributed by atoms with Crippen LogP contribution in [0.1, 0.15) is 58.3 Å². The first-order valence-electron chi connectivity index (χ1n) is 5.66. The van der Waals surface area contributed by atoms with Gasteiger partial charge in [-0.2, -0.15) is 0 Å². The lowest BCUT2D eigenvalue weighted by molar-refractivity contribution is 0.133. The second-order valence-corrected chi connectivity index (χ2v) is 3.66. The van der Waals surface area contributed by atoms with E-state index >= 15 is 0 Å². The van der Waals surface area contributed by atoms with E-state index in [-0.39, 0.29) is 6.42 Å². The molecule has 0 radical (unpaired) electrons. The first-order chi connectivity index (χ1) is 6.77. The highest BCUT2D eigenvalue weighted by Crippen LogP contribution is 2.11. The predicted molar refractivity (Wildman–Crippen MR) is 57.8 cm³/mol. The van der Waals surface area contributed by atoms with E-state index in [1.54, 1.807) is 0 Å². The van der Waals surface area contributed by atoms with Crippen molar-refractivity contribution in [1.29, 1.82) is 0 Å². The largest absolute Gasteiger partial charge is 0.238 e. The van der Waals surface area contributed by atoms with Crippen molar-refractivity contribution < 1.29 is 8.78 Å². The summed E-state index contributed by atoms with van der Waals surface area (Å²) in [4.78, 5) is 0. The molecule has 84 valence electrons. The van der Waals surface area contributed by atoms with Gasteiger partial charge in [-0.1, -0.05) is 37.8 Å². The van der Waals surface area contributed by atoms with Gasteiger partial charge in [-0.3, -0.25) is 0 Å². The average Bonchev–Trinajstić information content (AvgIpc) is 2.15. The van der Waals surface area contributed by atoms with Gasteiger partial charge in [0.05, 0.1) is 0 Å². The summed E-state index contributed by atoms with van der Waals surface area (Å²) in [6.45, 7) is 2.03. The predicted octanol–water partition coefficient (Wildman–Crippen LogP) is 4.95. The van der Waals surface area contributed by atoms with Gasteiger partial charge in [0.25, 0.3) is 0 Å². The molecule has 0 aliphatic rings. The molecule has 0 atom stereocenters. The summed E-state index contributed by atoms with van der Waals surface area (Å²) in [5.74, 6) is 0. The second kappa shape index (κ2) is 10.7. The number of rotatable bonds is 9. The zero-order valence-electron chi connectivity index (χ0n) is 9.14. The fourth-order valence-electron chi connectivity index (χ4n) is 1.43. The number of hydrogen-bond donors (Lipinski definition) is 0. The third-order valence-corrected chi connectivity index (χ3v) is 2.28. The van der Waals surface area contributed by atoms with Crippen LogP contribution in [-0.2, 0) is 0 Å². The van der Waals surface area contributed by atoms with Crippen LogP contribution in [0.5, 0.6) is 0 Å². The fourth-order valence-corrected chi connectivity index (χ4v) is 1.43. The Morgan fingerprint density at radius 1 is 0.929 bits per heavy atom. The van der Waals surface area contributed by atoms with Crippen LogP contribution in [0.3, 0.4) is 0 Å². The molecule has 14 heavy (non-hydrogen) atoms. The molecular weight excluding hydrogens is 182 g/mol. The summed E-state index contributed by atoms with van der Waals surface area (Å²) >= 11 is 0. The van der Waals surface area contributed by atoms with Crippen LogP contribution < -0.4 is 0 Å². The van der Waals surface area contributed by atoms with Crippen LogP contribution in [0.4, 0.5) is 8.78 Å². The highest BCUT2D eigenvalue weighted by atomic mass is 19.3. The fraction of sp³-hybridized carbons (Fsp3) is 0.833. The molecule has 0 bridgehead atoms. The maximum atomic E-state index is 11.7. The second-order valence-electron chi connectivity index (χ2n) is 3.66. The number of alkyl halides is 2. The van der Waals surface area contributed by atoms with Crippen LogP contribution in [-0.4, -0.2) is 6.43 Å². The van der Waals surface area contributed by atoms with Gasteiger partial charge in [-0.15, -0.1) is 0 Å². The van der Waals surface area contributed by atoms with Crippen molar-refractivity contribution in [2.24, 2.45) is 0 Å². The lowest BCUT2D eigenvalue weighted by Crippen LogP contribution is -1.89. The number of halogens is 2. The van der Waals surface area contributed by atoms with Crippen molar-refractivity contribution in [1.82, 2.24) is 0 Å². The molecule has 0 saturated heterocycles. The monoisotopic (exact) mass is 204 g/mol. The van der Waals surface area contributed by atoms with Crippen molar-refractivity contribution in [3.8, 4) is 0 Å². The molecule has 2 heteroatoms. The van der Waals surface area contributed by atoms with Crippen LogP contribution in [0.25, 0.3) is 0 Å². The zero-order chi connectivity index (χ0) is 10.6. The van der Waals surface area contributed by atoms with Gasteiger partial charge < -0.3 is 0 Å².